The zero-order valence-corrected chi connectivity index (χ0v) is 9.62. The third-order valence-electron chi connectivity index (χ3n) is 2.30. The average Bonchev–Trinajstić information content (AvgIpc) is 2.28. The summed E-state index contributed by atoms with van der Waals surface area (Å²) in [6.07, 6.45) is -0.260. The molecule has 6 nitrogen and oxygen atoms in total. The SMILES string of the molecule is COc1ccc(C)cc1C(CC(=O)O)N=[N+]=[N-]. The molecule has 6 heteroatoms. The highest BCUT2D eigenvalue weighted by atomic mass is 16.5. The molecule has 0 spiro atoms. The van der Waals surface area contributed by atoms with Crippen molar-refractivity contribution in [2.45, 2.75) is 19.4 Å². The molecule has 0 saturated carbocycles. The van der Waals surface area contributed by atoms with E-state index in [1.54, 1.807) is 12.1 Å². The highest BCUT2D eigenvalue weighted by molar-refractivity contribution is 5.68. The summed E-state index contributed by atoms with van der Waals surface area (Å²) in [6, 6.07) is 4.58. The lowest BCUT2D eigenvalue weighted by atomic mass is 10.0. The van der Waals surface area contributed by atoms with Gasteiger partial charge in [0.25, 0.3) is 0 Å². The molecule has 1 rings (SSSR count). The molecule has 0 radical (unpaired) electrons. The van der Waals surface area contributed by atoms with Crippen LogP contribution in [0.15, 0.2) is 23.3 Å². The van der Waals surface area contributed by atoms with E-state index >= 15 is 0 Å². The van der Waals surface area contributed by atoms with Crippen LogP contribution in [0, 0.1) is 6.92 Å². The lowest BCUT2D eigenvalue weighted by Gasteiger charge is -2.14. The van der Waals surface area contributed by atoms with Crippen LogP contribution in [0.4, 0.5) is 0 Å². The van der Waals surface area contributed by atoms with Crippen LogP contribution in [0.5, 0.6) is 5.75 Å². The molecule has 1 unspecified atom stereocenters. The van der Waals surface area contributed by atoms with Gasteiger partial charge in [-0.2, -0.15) is 0 Å². The maximum absolute atomic E-state index is 10.7. The minimum absolute atomic E-state index is 0.260. The maximum atomic E-state index is 10.7. The van der Waals surface area contributed by atoms with E-state index in [9.17, 15) is 4.79 Å². The largest absolute Gasteiger partial charge is 0.496 e. The quantitative estimate of drug-likeness (QED) is 0.482. The number of methoxy groups -OCH3 is 1. The van der Waals surface area contributed by atoms with Gasteiger partial charge in [0.15, 0.2) is 0 Å². The van der Waals surface area contributed by atoms with Crippen molar-refractivity contribution in [2.75, 3.05) is 7.11 Å². The molecule has 1 aromatic carbocycles. The predicted octanol–water partition coefficient (Wildman–Crippen LogP) is 2.83. The Bertz CT molecular complexity index is 467. The number of carbonyl (C=O) groups is 1. The Morgan fingerprint density at radius 3 is 2.88 bits per heavy atom. The smallest absolute Gasteiger partial charge is 0.304 e. The minimum atomic E-state index is -1.02. The standard InChI is InChI=1S/C11H13N3O3/c1-7-3-4-10(17-2)8(5-7)9(13-14-12)6-11(15)16/h3-5,9H,6H2,1-2H3,(H,15,16). The molecule has 0 fully saturated rings. The number of rotatable bonds is 5. The van der Waals surface area contributed by atoms with Gasteiger partial charge in [-0.05, 0) is 18.5 Å². The van der Waals surface area contributed by atoms with E-state index in [0.717, 1.165) is 5.56 Å². The van der Waals surface area contributed by atoms with E-state index < -0.39 is 12.0 Å². The highest BCUT2D eigenvalue weighted by Crippen LogP contribution is 2.31. The number of carboxylic acid groups (broad SMARTS) is 1. The molecular formula is C11H13N3O3. The van der Waals surface area contributed by atoms with Gasteiger partial charge in [-0.1, -0.05) is 22.8 Å². The second-order valence-electron chi connectivity index (χ2n) is 3.56. The number of ether oxygens (including phenoxy) is 1. The molecule has 0 aliphatic carbocycles. The van der Waals surface area contributed by atoms with Crippen molar-refractivity contribution in [1.82, 2.24) is 0 Å². The molecule has 0 amide bonds. The monoisotopic (exact) mass is 235 g/mol. The van der Waals surface area contributed by atoms with Gasteiger partial charge in [-0.25, -0.2) is 0 Å². The van der Waals surface area contributed by atoms with E-state index in [0.29, 0.717) is 11.3 Å². The Kier molecular flexibility index (Phi) is 4.37. The van der Waals surface area contributed by atoms with Crippen LogP contribution < -0.4 is 4.74 Å². The van der Waals surface area contributed by atoms with Gasteiger partial charge in [-0.15, -0.1) is 0 Å². The van der Waals surface area contributed by atoms with Crippen LogP contribution >= 0.6 is 0 Å². The molecule has 0 aliphatic heterocycles. The Hall–Kier alpha value is -2.20. The third-order valence-corrected chi connectivity index (χ3v) is 2.30. The van der Waals surface area contributed by atoms with Crippen LogP contribution in [0.2, 0.25) is 0 Å². The van der Waals surface area contributed by atoms with E-state index in [4.69, 9.17) is 15.4 Å². The van der Waals surface area contributed by atoms with Crippen LogP contribution in [-0.2, 0) is 4.79 Å². The molecule has 0 saturated heterocycles. The fraction of sp³-hybridized carbons (Fsp3) is 0.364. The first-order valence-corrected chi connectivity index (χ1v) is 4.99. The summed E-state index contributed by atoms with van der Waals surface area (Å²) in [5.74, 6) is -0.500. The molecule has 0 aromatic heterocycles. The number of azide groups is 1. The summed E-state index contributed by atoms with van der Waals surface area (Å²) in [6.45, 7) is 1.87. The number of benzene rings is 1. The number of aryl methyl sites for hydroxylation is 1. The van der Waals surface area contributed by atoms with Gasteiger partial charge < -0.3 is 9.84 Å². The zero-order valence-electron chi connectivity index (χ0n) is 9.62. The van der Waals surface area contributed by atoms with Gasteiger partial charge in [0.1, 0.15) is 5.75 Å². The summed E-state index contributed by atoms with van der Waals surface area (Å²) in [5.41, 5.74) is 10.0. The van der Waals surface area contributed by atoms with Crippen molar-refractivity contribution < 1.29 is 14.6 Å². The Balaban J connectivity index is 3.20. The minimum Gasteiger partial charge on any atom is -0.496 e. The molecule has 1 aromatic rings. The molecule has 0 aliphatic rings. The summed E-state index contributed by atoms with van der Waals surface area (Å²) in [4.78, 5) is 13.4. The summed E-state index contributed by atoms with van der Waals surface area (Å²) < 4.78 is 5.13. The Morgan fingerprint density at radius 2 is 2.35 bits per heavy atom. The zero-order chi connectivity index (χ0) is 12.8. The summed E-state index contributed by atoms with van der Waals surface area (Å²) in [5, 5.41) is 12.3. The number of nitrogens with zero attached hydrogens (tertiary/aromatic N) is 3. The molecule has 90 valence electrons. The second kappa shape index (κ2) is 5.77. The number of aliphatic carboxylic acids is 1. The first-order chi connectivity index (χ1) is 8.08. The van der Waals surface area contributed by atoms with Crippen molar-refractivity contribution >= 4 is 5.97 Å². The molecule has 0 bridgehead atoms. The third kappa shape index (κ3) is 3.39. The van der Waals surface area contributed by atoms with E-state index in [-0.39, 0.29) is 6.42 Å². The van der Waals surface area contributed by atoms with Crippen molar-refractivity contribution in [3.05, 3.63) is 39.8 Å². The molecule has 1 N–H and O–H groups in total. The van der Waals surface area contributed by atoms with Crippen LogP contribution in [0.1, 0.15) is 23.6 Å². The summed E-state index contributed by atoms with van der Waals surface area (Å²) in [7, 11) is 1.49. The normalized spacial score (nSPS) is 11.4. The van der Waals surface area contributed by atoms with Crippen molar-refractivity contribution in [3.8, 4) is 5.75 Å². The van der Waals surface area contributed by atoms with Gasteiger partial charge in [-0.3, -0.25) is 4.79 Å². The number of carboxylic acids is 1. The van der Waals surface area contributed by atoms with Crippen LogP contribution in [0.3, 0.4) is 0 Å². The van der Waals surface area contributed by atoms with E-state index in [1.807, 2.05) is 13.0 Å². The Labute approximate surface area is 98.5 Å². The van der Waals surface area contributed by atoms with Crippen molar-refractivity contribution in [2.24, 2.45) is 5.11 Å². The van der Waals surface area contributed by atoms with Gasteiger partial charge in [0.2, 0.25) is 0 Å². The molecular weight excluding hydrogens is 222 g/mol. The van der Waals surface area contributed by atoms with Crippen molar-refractivity contribution in [1.29, 1.82) is 0 Å². The van der Waals surface area contributed by atoms with Gasteiger partial charge in [0, 0.05) is 10.5 Å². The first kappa shape index (κ1) is 12.9. The first-order valence-electron chi connectivity index (χ1n) is 4.99. The highest BCUT2D eigenvalue weighted by Gasteiger charge is 2.18. The summed E-state index contributed by atoms with van der Waals surface area (Å²) >= 11 is 0. The Morgan fingerprint density at radius 1 is 1.65 bits per heavy atom. The average molecular weight is 235 g/mol. The van der Waals surface area contributed by atoms with Gasteiger partial charge >= 0.3 is 5.97 Å². The fourth-order valence-electron chi connectivity index (χ4n) is 1.55. The van der Waals surface area contributed by atoms with Crippen molar-refractivity contribution in [3.63, 3.8) is 0 Å². The molecule has 1 atom stereocenters. The van der Waals surface area contributed by atoms with Crippen LogP contribution in [-0.4, -0.2) is 18.2 Å². The topological polar surface area (TPSA) is 95.3 Å². The second-order valence-corrected chi connectivity index (χ2v) is 3.56. The molecule has 17 heavy (non-hydrogen) atoms. The van der Waals surface area contributed by atoms with E-state index in [1.165, 1.54) is 7.11 Å². The maximum Gasteiger partial charge on any atom is 0.304 e. The number of hydrogen-bond acceptors (Lipinski definition) is 3. The van der Waals surface area contributed by atoms with Crippen LogP contribution in [0.25, 0.3) is 10.4 Å². The number of hydrogen-bond donors (Lipinski definition) is 1. The lowest BCUT2D eigenvalue weighted by Crippen LogP contribution is -2.05. The predicted molar refractivity (Wildman–Crippen MR) is 61.9 cm³/mol. The fourth-order valence-corrected chi connectivity index (χ4v) is 1.55. The molecule has 0 heterocycles. The van der Waals surface area contributed by atoms with E-state index in [2.05, 4.69) is 10.0 Å². The lowest BCUT2D eigenvalue weighted by molar-refractivity contribution is -0.137. The van der Waals surface area contributed by atoms with Gasteiger partial charge in [0.05, 0.1) is 19.6 Å².